The van der Waals surface area contributed by atoms with Crippen LogP contribution in [-0.4, -0.2) is 40.5 Å². The molecule has 134 valence electrons. The van der Waals surface area contributed by atoms with Gasteiger partial charge in [0, 0.05) is 45.0 Å². The van der Waals surface area contributed by atoms with Crippen LogP contribution in [0.3, 0.4) is 0 Å². The number of halogens is 2. The molecule has 0 N–H and O–H groups in total. The van der Waals surface area contributed by atoms with Crippen molar-refractivity contribution in [3.05, 3.63) is 75.5 Å². The number of fused-ring (bicyclic) bond motifs is 1. The molecule has 0 spiro atoms. The van der Waals surface area contributed by atoms with Crippen molar-refractivity contribution in [1.82, 2.24) is 14.3 Å². The molecule has 26 heavy (non-hydrogen) atoms. The molecule has 1 aromatic carbocycles. The molecule has 3 aromatic rings. The predicted molar refractivity (Wildman–Crippen MR) is 100 cm³/mol. The van der Waals surface area contributed by atoms with E-state index < -0.39 is 0 Å². The van der Waals surface area contributed by atoms with Crippen molar-refractivity contribution in [2.45, 2.75) is 6.54 Å². The summed E-state index contributed by atoms with van der Waals surface area (Å²) in [7, 11) is 0. The second-order valence-corrected chi connectivity index (χ2v) is 6.81. The minimum Gasteiger partial charge on any atom is -0.367 e. The molecule has 1 saturated heterocycles. The minimum absolute atomic E-state index is 0.141. The monoisotopic (exact) mass is 372 g/mol. The van der Waals surface area contributed by atoms with E-state index in [9.17, 15) is 9.18 Å². The molecule has 2 aromatic heterocycles. The van der Waals surface area contributed by atoms with Crippen LogP contribution in [0, 0.1) is 5.82 Å². The summed E-state index contributed by atoms with van der Waals surface area (Å²) in [5, 5.41) is 0.499. The van der Waals surface area contributed by atoms with Gasteiger partial charge in [-0.3, -0.25) is 14.1 Å². The lowest BCUT2D eigenvalue weighted by Crippen LogP contribution is -2.46. The van der Waals surface area contributed by atoms with Crippen molar-refractivity contribution in [1.29, 1.82) is 0 Å². The number of para-hydroxylation sites is 1. The van der Waals surface area contributed by atoms with Crippen LogP contribution < -0.4 is 10.5 Å². The second-order valence-electron chi connectivity index (χ2n) is 6.38. The van der Waals surface area contributed by atoms with Gasteiger partial charge in [-0.25, -0.2) is 9.37 Å². The largest absolute Gasteiger partial charge is 0.367 e. The lowest BCUT2D eigenvalue weighted by atomic mass is 10.2. The molecule has 0 aliphatic carbocycles. The van der Waals surface area contributed by atoms with Crippen LogP contribution in [0.2, 0.25) is 5.02 Å². The molecule has 0 atom stereocenters. The van der Waals surface area contributed by atoms with Crippen LogP contribution in [0.5, 0.6) is 0 Å². The van der Waals surface area contributed by atoms with Gasteiger partial charge in [0.2, 0.25) is 0 Å². The highest BCUT2D eigenvalue weighted by Crippen LogP contribution is 2.20. The molecule has 0 bridgehead atoms. The number of anilines is 1. The Morgan fingerprint density at radius 3 is 2.62 bits per heavy atom. The van der Waals surface area contributed by atoms with E-state index in [-0.39, 0.29) is 11.4 Å². The first-order valence-corrected chi connectivity index (χ1v) is 8.88. The van der Waals surface area contributed by atoms with Crippen LogP contribution in [0.4, 0.5) is 10.1 Å². The van der Waals surface area contributed by atoms with Gasteiger partial charge in [-0.05, 0) is 24.3 Å². The molecule has 1 fully saturated rings. The molecule has 0 saturated carbocycles. The fraction of sp³-hybridized carbons (Fsp3) is 0.263. The second kappa shape index (κ2) is 7.05. The van der Waals surface area contributed by atoms with Gasteiger partial charge < -0.3 is 4.90 Å². The maximum absolute atomic E-state index is 13.9. The first kappa shape index (κ1) is 17.0. The van der Waals surface area contributed by atoms with E-state index in [4.69, 9.17) is 11.6 Å². The number of hydrogen-bond acceptors (Lipinski definition) is 4. The zero-order valence-corrected chi connectivity index (χ0v) is 14.9. The predicted octanol–water partition coefficient (Wildman–Crippen LogP) is 2.81. The summed E-state index contributed by atoms with van der Waals surface area (Å²) in [6, 6.07) is 11.9. The Balaban J connectivity index is 1.46. The van der Waals surface area contributed by atoms with Gasteiger partial charge in [0.05, 0.1) is 16.4 Å². The number of nitrogens with zero attached hydrogens (tertiary/aromatic N) is 4. The number of pyridine rings is 1. The molecule has 1 aliphatic rings. The highest BCUT2D eigenvalue weighted by Gasteiger charge is 2.20. The molecular formula is C19H18ClFN4O. The smallest absolute Gasteiger partial charge is 0.258 e. The van der Waals surface area contributed by atoms with Crippen molar-refractivity contribution in [3.63, 3.8) is 0 Å². The summed E-state index contributed by atoms with van der Waals surface area (Å²) in [4.78, 5) is 21.1. The molecule has 7 heteroatoms. The quantitative estimate of drug-likeness (QED) is 0.709. The Labute approximate surface area is 155 Å². The first-order chi connectivity index (χ1) is 12.6. The van der Waals surface area contributed by atoms with Crippen LogP contribution >= 0.6 is 11.6 Å². The van der Waals surface area contributed by atoms with E-state index >= 15 is 0 Å². The van der Waals surface area contributed by atoms with Gasteiger partial charge in [-0.2, -0.15) is 0 Å². The Morgan fingerprint density at radius 2 is 1.85 bits per heavy atom. The Hall–Kier alpha value is -2.44. The molecule has 5 nitrogen and oxygen atoms in total. The summed E-state index contributed by atoms with van der Waals surface area (Å²) in [5.74, 6) is -0.191. The molecule has 0 radical (unpaired) electrons. The van der Waals surface area contributed by atoms with E-state index in [0.29, 0.717) is 22.9 Å². The number of rotatable bonds is 3. The highest BCUT2D eigenvalue weighted by atomic mass is 35.5. The zero-order valence-electron chi connectivity index (χ0n) is 14.1. The Kier molecular flexibility index (Phi) is 4.61. The number of aromatic nitrogens is 2. The third-order valence-electron chi connectivity index (χ3n) is 4.63. The summed E-state index contributed by atoms with van der Waals surface area (Å²) in [5.41, 5.74) is 1.82. The lowest BCUT2D eigenvalue weighted by Gasteiger charge is -2.36. The van der Waals surface area contributed by atoms with Crippen LogP contribution in [0.15, 0.2) is 53.5 Å². The third kappa shape index (κ3) is 3.43. The first-order valence-electron chi connectivity index (χ1n) is 8.50. The maximum Gasteiger partial charge on any atom is 0.258 e. The fourth-order valence-electron chi connectivity index (χ4n) is 3.29. The topological polar surface area (TPSA) is 40.9 Å². The van der Waals surface area contributed by atoms with E-state index in [1.807, 2.05) is 12.1 Å². The zero-order chi connectivity index (χ0) is 18.1. The van der Waals surface area contributed by atoms with Gasteiger partial charge >= 0.3 is 0 Å². The standard InChI is InChI=1S/C19H18ClFN4O/c20-14-5-6-18-22-15(11-19(26)25(18)12-14)13-23-7-9-24(10-8-23)17-4-2-1-3-16(17)21/h1-6,11-12H,7-10,13H2. The number of hydrogen-bond donors (Lipinski definition) is 0. The summed E-state index contributed by atoms with van der Waals surface area (Å²) < 4.78 is 15.4. The van der Waals surface area contributed by atoms with Gasteiger partial charge in [0.25, 0.3) is 5.56 Å². The average molecular weight is 373 g/mol. The van der Waals surface area contributed by atoms with Gasteiger partial charge in [0.1, 0.15) is 11.5 Å². The number of benzene rings is 1. The van der Waals surface area contributed by atoms with Gasteiger partial charge in [-0.1, -0.05) is 23.7 Å². The Morgan fingerprint density at radius 1 is 1.08 bits per heavy atom. The van der Waals surface area contributed by atoms with Crippen molar-refractivity contribution < 1.29 is 4.39 Å². The molecule has 4 rings (SSSR count). The maximum atomic E-state index is 13.9. The van der Waals surface area contributed by atoms with Crippen molar-refractivity contribution >= 4 is 22.9 Å². The van der Waals surface area contributed by atoms with E-state index in [1.54, 1.807) is 30.5 Å². The molecular weight excluding hydrogens is 355 g/mol. The molecule has 3 heterocycles. The SMILES string of the molecule is O=c1cc(CN2CCN(c3ccccc3F)CC2)nc2ccc(Cl)cn12. The van der Waals surface area contributed by atoms with Crippen LogP contribution in [0.1, 0.15) is 5.69 Å². The Bertz CT molecular complexity index is 998. The van der Waals surface area contributed by atoms with E-state index in [1.165, 1.54) is 10.5 Å². The summed E-state index contributed by atoms with van der Waals surface area (Å²) in [6.45, 7) is 3.65. The van der Waals surface area contributed by atoms with E-state index in [0.717, 1.165) is 31.9 Å². The third-order valence-corrected chi connectivity index (χ3v) is 4.85. The van der Waals surface area contributed by atoms with Crippen LogP contribution in [-0.2, 0) is 6.54 Å². The number of piperazine rings is 1. The van der Waals surface area contributed by atoms with Crippen LogP contribution in [0.25, 0.3) is 5.65 Å². The van der Waals surface area contributed by atoms with E-state index in [2.05, 4.69) is 14.8 Å². The molecule has 0 amide bonds. The summed E-state index contributed by atoms with van der Waals surface area (Å²) >= 11 is 5.93. The summed E-state index contributed by atoms with van der Waals surface area (Å²) in [6.07, 6.45) is 1.57. The highest BCUT2D eigenvalue weighted by molar-refractivity contribution is 6.30. The van der Waals surface area contributed by atoms with Crippen molar-refractivity contribution in [2.24, 2.45) is 0 Å². The van der Waals surface area contributed by atoms with Gasteiger partial charge in [0.15, 0.2) is 0 Å². The van der Waals surface area contributed by atoms with Crippen molar-refractivity contribution in [3.8, 4) is 0 Å². The van der Waals surface area contributed by atoms with Crippen molar-refractivity contribution in [2.75, 3.05) is 31.1 Å². The minimum atomic E-state index is -0.191. The molecule has 1 aliphatic heterocycles. The normalized spacial score (nSPS) is 15.5. The lowest BCUT2D eigenvalue weighted by molar-refractivity contribution is 0.246. The molecule has 0 unspecified atom stereocenters. The van der Waals surface area contributed by atoms with Gasteiger partial charge in [-0.15, -0.1) is 0 Å². The average Bonchev–Trinajstić information content (AvgIpc) is 2.64. The fourth-order valence-corrected chi connectivity index (χ4v) is 3.45.